The van der Waals surface area contributed by atoms with Crippen LogP contribution in [0.25, 0.3) is 21.9 Å². The van der Waals surface area contributed by atoms with Crippen LogP contribution in [0.15, 0.2) is 39.5 Å². The highest BCUT2D eigenvalue weighted by Crippen LogP contribution is 2.34. The van der Waals surface area contributed by atoms with E-state index in [2.05, 4.69) is 0 Å². The number of phenols is 2. The van der Waals surface area contributed by atoms with E-state index in [4.69, 9.17) is 9.15 Å². The molecule has 0 bridgehead atoms. The summed E-state index contributed by atoms with van der Waals surface area (Å²) in [6, 6.07) is 7.18. The van der Waals surface area contributed by atoms with Crippen molar-refractivity contribution in [2.45, 2.75) is 0 Å². The monoisotopic (exact) mass is 258 g/mol. The van der Waals surface area contributed by atoms with Crippen LogP contribution in [0.5, 0.6) is 17.2 Å². The molecule has 0 atom stereocenters. The summed E-state index contributed by atoms with van der Waals surface area (Å²) in [4.78, 5) is 12.4. The van der Waals surface area contributed by atoms with Crippen LogP contribution >= 0.6 is 0 Å². The molecule has 19 heavy (non-hydrogen) atoms. The molecule has 0 radical (unpaired) electrons. The zero-order valence-corrected chi connectivity index (χ0v) is 10.0. The molecule has 0 aliphatic heterocycles. The fourth-order valence-electron chi connectivity index (χ4n) is 2.10. The number of hydrogen-bond donors (Lipinski definition) is 2. The minimum atomic E-state index is -0.361. The van der Waals surface area contributed by atoms with Gasteiger partial charge in [0.05, 0.1) is 12.5 Å². The topological polar surface area (TPSA) is 79.9 Å². The van der Waals surface area contributed by atoms with Gasteiger partial charge in [-0.05, 0) is 30.3 Å². The van der Waals surface area contributed by atoms with Crippen LogP contribution in [0.4, 0.5) is 0 Å². The summed E-state index contributed by atoms with van der Waals surface area (Å²) >= 11 is 0. The van der Waals surface area contributed by atoms with Crippen molar-refractivity contribution >= 4 is 21.9 Å². The van der Waals surface area contributed by atoms with E-state index in [1.54, 1.807) is 0 Å². The minimum absolute atomic E-state index is 0.0294. The number of rotatable bonds is 1. The van der Waals surface area contributed by atoms with Crippen molar-refractivity contribution < 1.29 is 19.4 Å². The van der Waals surface area contributed by atoms with Crippen molar-refractivity contribution in [3.63, 3.8) is 0 Å². The van der Waals surface area contributed by atoms with Crippen molar-refractivity contribution in [1.29, 1.82) is 0 Å². The lowest BCUT2D eigenvalue weighted by Gasteiger charge is -2.07. The number of benzene rings is 2. The zero-order valence-electron chi connectivity index (χ0n) is 10.0. The highest BCUT2D eigenvalue weighted by molar-refractivity contribution is 5.94. The van der Waals surface area contributed by atoms with E-state index in [1.807, 2.05) is 0 Å². The first kappa shape index (κ1) is 11.4. The molecule has 0 fully saturated rings. The molecule has 2 N–H and O–H groups in total. The van der Waals surface area contributed by atoms with E-state index in [-0.39, 0.29) is 33.4 Å². The molecule has 5 heteroatoms. The Bertz CT molecular complexity index is 848. The average molecular weight is 258 g/mol. The van der Waals surface area contributed by atoms with E-state index in [0.29, 0.717) is 11.2 Å². The van der Waals surface area contributed by atoms with Crippen LogP contribution < -0.4 is 10.2 Å². The van der Waals surface area contributed by atoms with Crippen LogP contribution in [0.3, 0.4) is 0 Å². The van der Waals surface area contributed by atoms with Gasteiger partial charge in [-0.3, -0.25) is 4.79 Å². The smallest absolute Gasteiger partial charge is 0.204 e. The number of fused-ring (bicyclic) bond motifs is 2. The van der Waals surface area contributed by atoms with Gasteiger partial charge in [0.1, 0.15) is 22.3 Å². The van der Waals surface area contributed by atoms with Crippen LogP contribution in [-0.4, -0.2) is 17.3 Å². The van der Waals surface area contributed by atoms with Gasteiger partial charge in [0.2, 0.25) is 5.43 Å². The Morgan fingerprint density at radius 3 is 2.58 bits per heavy atom. The molecule has 3 rings (SSSR count). The van der Waals surface area contributed by atoms with Crippen molar-refractivity contribution in [3.8, 4) is 17.2 Å². The van der Waals surface area contributed by atoms with Crippen molar-refractivity contribution in [1.82, 2.24) is 0 Å². The first-order chi connectivity index (χ1) is 9.11. The summed E-state index contributed by atoms with van der Waals surface area (Å²) in [5.41, 5.74) is 0.320. The molecular weight excluding hydrogens is 248 g/mol. The van der Waals surface area contributed by atoms with Gasteiger partial charge in [-0.1, -0.05) is 0 Å². The molecule has 1 heterocycles. The molecule has 0 spiro atoms. The Labute approximate surface area is 107 Å². The van der Waals surface area contributed by atoms with Crippen LogP contribution in [0.1, 0.15) is 0 Å². The molecule has 0 aliphatic rings. The highest BCUT2D eigenvalue weighted by Gasteiger charge is 2.15. The number of hydrogen-bond acceptors (Lipinski definition) is 5. The lowest BCUT2D eigenvalue weighted by molar-refractivity contribution is 0.377. The lowest BCUT2D eigenvalue weighted by atomic mass is 10.1. The Morgan fingerprint density at radius 2 is 1.84 bits per heavy atom. The first-order valence-electron chi connectivity index (χ1n) is 5.57. The number of ether oxygens (including phenoxy) is 1. The molecule has 5 nitrogen and oxygen atoms in total. The van der Waals surface area contributed by atoms with E-state index in [0.717, 1.165) is 0 Å². The molecule has 96 valence electrons. The van der Waals surface area contributed by atoms with E-state index >= 15 is 0 Å². The van der Waals surface area contributed by atoms with Crippen molar-refractivity contribution in [3.05, 3.63) is 40.6 Å². The summed E-state index contributed by atoms with van der Waals surface area (Å²) in [5, 5.41) is 19.5. The Morgan fingerprint density at radius 1 is 1.11 bits per heavy atom. The summed E-state index contributed by atoms with van der Waals surface area (Å²) < 4.78 is 10.6. The van der Waals surface area contributed by atoms with Crippen molar-refractivity contribution in [2.75, 3.05) is 7.11 Å². The van der Waals surface area contributed by atoms with Crippen molar-refractivity contribution in [2.24, 2.45) is 0 Å². The van der Waals surface area contributed by atoms with Crippen LogP contribution in [0, 0.1) is 0 Å². The maximum absolute atomic E-state index is 12.4. The molecule has 0 saturated carbocycles. The van der Waals surface area contributed by atoms with Gasteiger partial charge in [0.15, 0.2) is 11.5 Å². The standard InChI is InChI=1S/C14H10O5/c1-18-14-9(16)3-5-11-12(14)13(17)8-6-7(15)2-4-10(8)19-11/h2-6,15-16H,1H3. The fraction of sp³-hybridized carbons (Fsp3) is 0.0714. The van der Waals surface area contributed by atoms with E-state index in [1.165, 1.54) is 37.4 Å². The third-order valence-corrected chi connectivity index (χ3v) is 2.96. The van der Waals surface area contributed by atoms with Gasteiger partial charge in [0, 0.05) is 0 Å². The predicted octanol–water partition coefficient (Wildman–Crippen LogP) is 2.37. The maximum Gasteiger partial charge on any atom is 0.204 e. The number of methoxy groups -OCH3 is 1. The second-order valence-electron chi connectivity index (χ2n) is 4.10. The van der Waals surface area contributed by atoms with Gasteiger partial charge < -0.3 is 19.4 Å². The Balaban J connectivity index is 2.59. The third kappa shape index (κ3) is 1.59. The van der Waals surface area contributed by atoms with Gasteiger partial charge in [-0.15, -0.1) is 0 Å². The zero-order chi connectivity index (χ0) is 13.6. The second-order valence-corrected chi connectivity index (χ2v) is 4.10. The summed E-state index contributed by atoms with van der Waals surface area (Å²) in [6.07, 6.45) is 0. The van der Waals surface area contributed by atoms with Crippen LogP contribution in [0.2, 0.25) is 0 Å². The summed E-state index contributed by atoms with van der Waals surface area (Å²) in [6.45, 7) is 0. The SMILES string of the molecule is COc1c(O)ccc2oc3ccc(O)cc3c(=O)c12. The molecule has 3 aromatic rings. The largest absolute Gasteiger partial charge is 0.508 e. The van der Waals surface area contributed by atoms with Gasteiger partial charge in [-0.25, -0.2) is 0 Å². The van der Waals surface area contributed by atoms with E-state index in [9.17, 15) is 15.0 Å². The fourth-order valence-corrected chi connectivity index (χ4v) is 2.10. The second kappa shape index (κ2) is 3.91. The summed E-state index contributed by atoms with van der Waals surface area (Å²) in [5.74, 6) is -0.100. The summed E-state index contributed by atoms with van der Waals surface area (Å²) in [7, 11) is 1.36. The molecular formula is C14H10O5. The molecule has 0 aliphatic carbocycles. The lowest BCUT2D eigenvalue weighted by Crippen LogP contribution is -2.04. The molecule has 0 amide bonds. The molecule has 2 aromatic carbocycles. The predicted molar refractivity (Wildman–Crippen MR) is 69.9 cm³/mol. The Kier molecular flexibility index (Phi) is 2.35. The molecule has 0 unspecified atom stereocenters. The maximum atomic E-state index is 12.4. The molecule has 1 aromatic heterocycles. The van der Waals surface area contributed by atoms with E-state index < -0.39 is 0 Å². The highest BCUT2D eigenvalue weighted by atomic mass is 16.5. The Hall–Kier alpha value is -2.69. The van der Waals surface area contributed by atoms with Gasteiger partial charge >= 0.3 is 0 Å². The van der Waals surface area contributed by atoms with Gasteiger partial charge in [0.25, 0.3) is 0 Å². The number of aromatic hydroxyl groups is 2. The molecule has 0 saturated heterocycles. The third-order valence-electron chi connectivity index (χ3n) is 2.96. The number of phenolic OH excluding ortho intramolecular Hbond substituents is 2. The quantitative estimate of drug-likeness (QED) is 0.655. The van der Waals surface area contributed by atoms with Gasteiger partial charge in [-0.2, -0.15) is 0 Å². The normalized spacial score (nSPS) is 11.0. The average Bonchev–Trinajstić information content (AvgIpc) is 2.40. The first-order valence-corrected chi connectivity index (χ1v) is 5.57. The van der Waals surface area contributed by atoms with Crippen LogP contribution in [-0.2, 0) is 0 Å². The minimum Gasteiger partial charge on any atom is -0.508 e.